The Balaban J connectivity index is 2.19. The second-order valence-corrected chi connectivity index (χ2v) is 6.13. The largest absolute Gasteiger partial charge is 0.378 e. The molecule has 0 saturated carbocycles. The van der Waals surface area contributed by atoms with Crippen molar-refractivity contribution < 1.29 is 0 Å². The van der Waals surface area contributed by atoms with E-state index < -0.39 is 0 Å². The van der Waals surface area contributed by atoms with E-state index in [0.29, 0.717) is 10.0 Å². The standard InChI is InChI=1S/C14H12Cl2IN/c1-9(13-6-5-10(15)7-14(13)16)18-12-4-2-3-11(17)8-12/h2-9,18H,1H3. The van der Waals surface area contributed by atoms with Gasteiger partial charge in [0, 0.05) is 25.3 Å². The normalized spacial score (nSPS) is 12.2. The van der Waals surface area contributed by atoms with Gasteiger partial charge in [-0.2, -0.15) is 0 Å². The van der Waals surface area contributed by atoms with E-state index in [1.165, 1.54) is 3.57 Å². The van der Waals surface area contributed by atoms with Crippen molar-refractivity contribution in [1.29, 1.82) is 0 Å². The molecule has 0 fully saturated rings. The third kappa shape index (κ3) is 3.53. The molecule has 2 aromatic rings. The fourth-order valence-electron chi connectivity index (χ4n) is 1.76. The predicted octanol–water partition coefficient (Wildman–Crippen LogP) is 5.77. The third-order valence-electron chi connectivity index (χ3n) is 2.64. The summed E-state index contributed by atoms with van der Waals surface area (Å²) >= 11 is 14.4. The number of halogens is 3. The molecule has 4 heteroatoms. The Morgan fingerprint density at radius 2 is 1.89 bits per heavy atom. The van der Waals surface area contributed by atoms with Gasteiger partial charge in [0.05, 0.1) is 0 Å². The number of hydrogen-bond acceptors (Lipinski definition) is 1. The maximum absolute atomic E-state index is 6.20. The van der Waals surface area contributed by atoms with E-state index in [0.717, 1.165) is 11.3 Å². The molecule has 1 unspecified atom stereocenters. The van der Waals surface area contributed by atoms with Gasteiger partial charge in [0.15, 0.2) is 0 Å². The lowest BCUT2D eigenvalue weighted by Crippen LogP contribution is -2.07. The predicted molar refractivity (Wildman–Crippen MR) is 87.7 cm³/mol. The molecule has 0 aliphatic heterocycles. The van der Waals surface area contributed by atoms with Crippen LogP contribution in [-0.2, 0) is 0 Å². The molecule has 0 bridgehead atoms. The van der Waals surface area contributed by atoms with Crippen LogP contribution in [0.3, 0.4) is 0 Å². The van der Waals surface area contributed by atoms with Crippen LogP contribution in [0.25, 0.3) is 0 Å². The summed E-state index contributed by atoms with van der Waals surface area (Å²) in [6.45, 7) is 2.08. The number of hydrogen-bond donors (Lipinski definition) is 1. The molecule has 1 N–H and O–H groups in total. The Morgan fingerprint density at radius 3 is 2.56 bits per heavy atom. The van der Waals surface area contributed by atoms with Gasteiger partial charge >= 0.3 is 0 Å². The third-order valence-corrected chi connectivity index (χ3v) is 3.87. The van der Waals surface area contributed by atoms with Gasteiger partial charge in [-0.15, -0.1) is 0 Å². The smallest absolute Gasteiger partial charge is 0.0500 e. The van der Waals surface area contributed by atoms with E-state index in [1.807, 2.05) is 24.3 Å². The lowest BCUT2D eigenvalue weighted by atomic mass is 10.1. The van der Waals surface area contributed by atoms with Crippen molar-refractivity contribution >= 4 is 51.5 Å². The van der Waals surface area contributed by atoms with Crippen molar-refractivity contribution in [1.82, 2.24) is 0 Å². The molecule has 18 heavy (non-hydrogen) atoms. The van der Waals surface area contributed by atoms with Gasteiger partial charge in [0.1, 0.15) is 0 Å². The van der Waals surface area contributed by atoms with Crippen LogP contribution in [0, 0.1) is 3.57 Å². The second kappa shape index (κ2) is 6.13. The van der Waals surface area contributed by atoms with Gasteiger partial charge in [-0.25, -0.2) is 0 Å². The van der Waals surface area contributed by atoms with Crippen LogP contribution in [0.5, 0.6) is 0 Å². The van der Waals surface area contributed by atoms with Crippen molar-refractivity contribution in [2.24, 2.45) is 0 Å². The Bertz CT molecular complexity index is 557. The van der Waals surface area contributed by atoms with Crippen molar-refractivity contribution in [2.75, 3.05) is 5.32 Å². The molecule has 0 amide bonds. The fraction of sp³-hybridized carbons (Fsp3) is 0.143. The number of nitrogens with one attached hydrogen (secondary N) is 1. The highest BCUT2D eigenvalue weighted by Gasteiger charge is 2.09. The van der Waals surface area contributed by atoms with Crippen molar-refractivity contribution in [3.63, 3.8) is 0 Å². The summed E-state index contributed by atoms with van der Waals surface area (Å²) < 4.78 is 1.20. The minimum absolute atomic E-state index is 0.132. The zero-order valence-corrected chi connectivity index (χ0v) is 13.4. The molecular formula is C14H12Cl2IN. The summed E-state index contributed by atoms with van der Waals surface area (Å²) in [4.78, 5) is 0. The topological polar surface area (TPSA) is 12.0 Å². The lowest BCUT2D eigenvalue weighted by Gasteiger charge is -2.17. The molecule has 0 radical (unpaired) electrons. The molecule has 94 valence electrons. The van der Waals surface area contributed by atoms with Gasteiger partial charge in [-0.1, -0.05) is 35.3 Å². The Kier molecular flexibility index (Phi) is 4.76. The summed E-state index contributed by atoms with van der Waals surface area (Å²) in [5, 5.41) is 4.77. The van der Waals surface area contributed by atoms with Crippen molar-refractivity contribution in [3.05, 3.63) is 61.6 Å². The Hall–Kier alpha value is -0.450. The van der Waals surface area contributed by atoms with Crippen LogP contribution in [-0.4, -0.2) is 0 Å². The summed E-state index contributed by atoms with van der Waals surface area (Å²) in [5.41, 5.74) is 2.13. The first-order valence-corrected chi connectivity index (χ1v) is 7.37. The van der Waals surface area contributed by atoms with Gasteiger partial charge in [-0.05, 0) is 65.4 Å². The highest BCUT2D eigenvalue weighted by atomic mass is 127. The van der Waals surface area contributed by atoms with E-state index in [9.17, 15) is 0 Å². The summed E-state index contributed by atoms with van der Waals surface area (Å²) in [7, 11) is 0. The molecule has 0 aliphatic carbocycles. The minimum atomic E-state index is 0.132. The van der Waals surface area contributed by atoms with E-state index in [-0.39, 0.29) is 6.04 Å². The number of rotatable bonds is 3. The maximum Gasteiger partial charge on any atom is 0.0500 e. The van der Waals surface area contributed by atoms with Gasteiger partial charge in [-0.3, -0.25) is 0 Å². The molecule has 2 rings (SSSR count). The molecule has 0 spiro atoms. The molecule has 2 aromatic carbocycles. The molecular weight excluding hydrogens is 380 g/mol. The lowest BCUT2D eigenvalue weighted by molar-refractivity contribution is 0.885. The van der Waals surface area contributed by atoms with Crippen LogP contribution >= 0.6 is 45.8 Å². The first kappa shape index (κ1) is 14.0. The monoisotopic (exact) mass is 391 g/mol. The molecule has 1 atom stereocenters. The molecule has 0 saturated heterocycles. The van der Waals surface area contributed by atoms with Crippen LogP contribution in [0.1, 0.15) is 18.5 Å². The first-order chi connectivity index (χ1) is 8.56. The zero-order chi connectivity index (χ0) is 13.1. The van der Waals surface area contributed by atoms with E-state index in [4.69, 9.17) is 23.2 Å². The number of anilines is 1. The van der Waals surface area contributed by atoms with Crippen LogP contribution in [0.2, 0.25) is 10.0 Å². The Labute approximate surface area is 131 Å². The van der Waals surface area contributed by atoms with Crippen molar-refractivity contribution in [2.45, 2.75) is 13.0 Å². The van der Waals surface area contributed by atoms with E-state index in [1.54, 1.807) is 6.07 Å². The molecule has 0 aliphatic rings. The summed E-state index contributed by atoms with van der Waals surface area (Å²) in [5.74, 6) is 0. The zero-order valence-electron chi connectivity index (χ0n) is 9.75. The van der Waals surface area contributed by atoms with Crippen LogP contribution < -0.4 is 5.32 Å². The molecule has 1 nitrogen and oxygen atoms in total. The maximum atomic E-state index is 6.20. The average Bonchev–Trinajstić information content (AvgIpc) is 2.28. The van der Waals surface area contributed by atoms with E-state index >= 15 is 0 Å². The van der Waals surface area contributed by atoms with Gasteiger partial charge in [0.2, 0.25) is 0 Å². The molecule has 0 heterocycles. The summed E-state index contributed by atoms with van der Waals surface area (Å²) in [6, 6.07) is 13.9. The highest BCUT2D eigenvalue weighted by Crippen LogP contribution is 2.28. The Morgan fingerprint density at radius 1 is 1.11 bits per heavy atom. The highest BCUT2D eigenvalue weighted by molar-refractivity contribution is 14.1. The van der Waals surface area contributed by atoms with Gasteiger partial charge < -0.3 is 5.32 Å². The second-order valence-electron chi connectivity index (χ2n) is 4.04. The van der Waals surface area contributed by atoms with Crippen molar-refractivity contribution in [3.8, 4) is 0 Å². The van der Waals surface area contributed by atoms with E-state index in [2.05, 4.69) is 47.0 Å². The fourth-order valence-corrected chi connectivity index (χ4v) is 2.87. The average molecular weight is 392 g/mol. The van der Waals surface area contributed by atoms with Crippen LogP contribution in [0.4, 0.5) is 5.69 Å². The minimum Gasteiger partial charge on any atom is -0.378 e. The first-order valence-electron chi connectivity index (χ1n) is 5.53. The SMILES string of the molecule is CC(Nc1cccc(I)c1)c1ccc(Cl)cc1Cl. The van der Waals surface area contributed by atoms with Crippen LogP contribution in [0.15, 0.2) is 42.5 Å². The summed E-state index contributed by atoms with van der Waals surface area (Å²) in [6.07, 6.45) is 0. The number of benzene rings is 2. The van der Waals surface area contributed by atoms with Gasteiger partial charge in [0.25, 0.3) is 0 Å². The molecule has 0 aromatic heterocycles. The quantitative estimate of drug-likeness (QED) is 0.654.